The first-order chi connectivity index (χ1) is 19.9. The van der Waals surface area contributed by atoms with Gasteiger partial charge in [0.25, 0.3) is 0 Å². The maximum absolute atomic E-state index is 5.42. The van der Waals surface area contributed by atoms with Crippen LogP contribution in [0.2, 0.25) is 0 Å². The molecule has 0 aliphatic carbocycles. The molecule has 3 aromatic heterocycles. The van der Waals surface area contributed by atoms with Crippen molar-refractivity contribution in [1.82, 2.24) is 9.55 Å². The lowest BCUT2D eigenvalue weighted by molar-refractivity contribution is 1.10. The molecule has 0 saturated carbocycles. The van der Waals surface area contributed by atoms with Crippen molar-refractivity contribution in [1.29, 1.82) is 0 Å². The van der Waals surface area contributed by atoms with Gasteiger partial charge in [0.1, 0.15) is 5.82 Å². The first kappa shape index (κ1) is 21.9. The highest BCUT2D eigenvalue weighted by Crippen LogP contribution is 2.48. The number of aromatic nitrogens is 2. The van der Waals surface area contributed by atoms with Crippen LogP contribution in [0.15, 0.2) is 133 Å². The van der Waals surface area contributed by atoms with Gasteiger partial charge < -0.3 is 0 Å². The van der Waals surface area contributed by atoms with Gasteiger partial charge in [-0.3, -0.25) is 4.57 Å². The fourth-order valence-electron chi connectivity index (χ4n) is 6.47. The SMILES string of the molecule is c1ccc(-c2nc(-n3c4ccccc4c4c5c6ccccc6sc5c5ccccc5c43)cc3ccccc23)cc1. The fourth-order valence-corrected chi connectivity index (χ4v) is 7.72. The monoisotopic (exact) mass is 526 g/mol. The molecule has 40 heavy (non-hydrogen) atoms. The third-order valence-corrected chi connectivity index (χ3v) is 9.35. The molecule has 0 fully saturated rings. The molecule has 9 rings (SSSR count). The van der Waals surface area contributed by atoms with E-state index in [9.17, 15) is 0 Å². The van der Waals surface area contributed by atoms with E-state index in [0.29, 0.717) is 0 Å². The van der Waals surface area contributed by atoms with Crippen LogP contribution in [0, 0.1) is 0 Å². The number of hydrogen-bond acceptors (Lipinski definition) is 2. The summed E-state index contributed by atoms with van der Waals surface area (Å²) in [5, 5.41) is 10.1. The maximum Gasteiger partial charge on any atom is 0.138 e. The summed E-state index contributed by atoms with van der Waals surface area (Å²) in [5.74, 6) is 0.938. The number of pyridine rings is 1. The van der Waals surface area contributed by atoms with Gasteiger partial charge in [0.15, 0.2) is 0 Å². The van der Waals surface area contributed by atoms with Crippen LogP contribution in [0.25, 0.3) is 80.6 Å². The largest absolute Gasteiger partial charge is 0.293 e. The second-order valence-corrected chi connectivity index (χ2v) is 11.4. The van der Waals surface area contributed by atoms with Crippen molar-refractivity contribution in [3.63, 3.8) is 0 Å². The lowest BCUT2D eigenvalue weighted by Gasteiger charge is -2.14. The van der Waals surface area contributed by atoms with Crippen molar-refractivity contribution >= 4 is 74.9 Å². The van der Waals surface area contributed by atoms with E-state index >= 15 is 0 Å². The zero-order valence-electron chi connectivity index (χ0n) is 21.5. The summed E-state index contributed by atoms with van der Waals surface area (Å²) in [6.07, 6.45) is 0. The average Bonchev–Trinajstić information content (AvgIpc) is 3.58. The van der Waals surface area contributed by atoms with Crippen molar-refractivity contribution in [3.8, 4) is 17.1 Å². The molecule has 3 heterocycles. The summed E-state index contributed by atoms with van der Waals surface area (Å²) in [4.78, 5) is 5.42. The van der Waals surface area contributed by atoms with Crippen molar-refractivity contribution in [2.45, 2.75) is 0 Å². The Kier molecular flexibility index (Phi) is 4.52. The Labute approximate surface area is 234 Å². The first-order valence-corrected chi connectivity index (χ1v) is 14.4. The Morgan fingerprint density at radius 2 is 1.18 bits per heavy atom. The number of fused-ring (bicyclic) bond motifs is 11. The predicted octanol–water partition coefficient (Wildman–Crippen LogP) is 10.5. The molecule has 9 aromatic rings. The van der Waals surface area contributed by atoms with Gasteiger partial charge in [0, 0.05) is 52.7 Å². The molecule has 0 radical (unpaired) electrons. The Balaban J connectivity index is 1.54. The number of hydrogen-bond donors (Lipinski definition) is 0. The van der Waals surface area contributed by atoms with Crippen LogP contribution < -0.4 is 0 Å². The molecule has 0 aliphatic heterocycles. The van der Waals surface area contributed by atoms with E-state index in [1.54, 1.807) is 0 Å². The van der Waals surface area contributed by atoms with E-state index in [1.165, 1.54) is 58.1 Å². The molecule has 0 saturated heterocycles. The van der Waals surface area contributed by atoms with E-state index in [4.69, 9.17) is 4.98 Å². The van der Waals surface area contributed by atoms with Crippen molar-refractivity contribution in [2.24, 2.45) is 0 Å². The van der Waals surface area contributed by atoms with Gasteiger partial charge in [-0.25, -0.2) is 4.98 Å². The normalized spacial score (nSPS) is 12.0. The van der Waals surface area contributed by atoms with Gasteiger partial charge in [-0.2, -0.15) is 0 Å². The summed E-state index contributed by atoms with van der Waals surface area (Å²) in [6.45, 7) is 0. The Bertz CT molecular complexity index is 2430. The minimum absolute atomic E-state index is 0.938. The van der Waals surface area contributed by atoms with Crippen LogP contribution in [0.5, 0.6) is 0 Å². The van der Waals surface area contributed by atoms with Crippen LogP contribution >= 0.6 is 11.3 Å². The molecule has 0 unspecified atom stereocenters. The zero-order valence-corrected chi connectivity index (χ0v) is 22.3. The van der Waals surface area contributed by atoms with Gasteiger partial charge in [-0.05, 0) is 23.6 Å². The van der Waals surface area contributed by atoms with E-state index in [1.807, 2.05) is 11.3 Å². The fraction of sp³-hybridized carbons (Fsp3) is 0. The number of benzene rings is 6. The quantitative estimate of drug-likeness (QED) is 0.219. The molecule has 2 nitrogen and oxygen atoms in total. The minimum Gasteiger partial charge on any atom is -0.293 e. The van der Waals surface area contributed by atoms with Crippen molar-refractivity contribution in [2.75, 3.05) is 0 Å². The second-order valence-electron chi connectivity index (χ2n) is 10.3. The van der Waals surface area contributed by atoms with E-state index < -0.39 is 0 Å². The van der Waals surface area contributed by atoms with E-state index in [-0.39, 0.29) is 0 Å². The molecule has 0 atom stereocenters. The summed E-state index contributed by atoms with van der Waals surface area (Å²) in [7, 11) is 0. The summed E-state index contributed by atoms with van der Waals surface area (Å²) in [6, 6.07) is 47.9. The summed E-state index contributed by atoms with van der Waals surface area (Å²) < 4.78 is 5.07. The number of para-hydroxylation sites is 1. The highest BCUT2D eigenvalue weighted by Gasteiger charge is 2.22. The smallest absolute Gasteiger partial charge is 0.138 e. The number of rotatable bonds is 2. The molecule has 0 bridgehead atoms. The third kappa shape index (κ3) is 2.95. The lowest BCUT2D eigenvalue weighted by atomic mass is 10.00. The molecule has 0 spiro atoms. The van der Waals surface area contributed by atoms with Crippen molar-refractivity contribution < 1.29 is 0 Å². The Morgan fingerprint density at radius 1 is 0.525 bits per heavy atom. The molecule has 3 heteroatoms. The molecular weight excluding hydrogens is 504 g/mol. The van der Waals surface area contributed by atoms with Gasteiger partial charge in [-0.15, -0.1) is 11.3 Å². The average molecular weight is 527 g/mol. The summed E-state index contributed by atoms with van der Waals surface area (Å²) >= 11 is 1.90. The van der Waals surface area contributed by atoms with Gasteiger partial charge >= 0.3 is 0 Å². The Hall–Kier alpha value is -4.99. The summed E-state index contributed by atoms with van der Waals surface area (Å²) in [5.41, 5.74) is 4.52. The van der Waals surface area contributed by atoms with Crippen LogP contribution in [-0.2, 0) is 0 Å². The number of thiophene rings is 1. The van der Waals surface area contributed by atoms with Crippen LogP contribution in [0.4, 0.5) is 0 Å². The molecule has 0 N–H and O–H groups in total. The highest BCUT2D eigenvalue weighted by atomic mass is 32.1. The topological polar surface area (TPSA) is 17.8 Å². The van der Waals surface area contributed by atoms with Gasteiger partial charge in [0.2, 0.25) is 0 Å². The molecular formula is C37H22N2S. The van der Waals surface area contributed by atoms with E-state index in [0.717, 1.165) is 22.5 Å². The molecule has 6 aromatic carbocycles. The van der Waals surface area contributed by atoms with Gasteiger partial charge in [0.05, 0.1) is 16.7 Å². The number of nitrogens with zero attached hydrogens (tertiary/aromatic N) is 2. The van der Waals surface area contributed by atoms with Crippen LogP contribution in [0.1, 0.15) is 0 Å². The predicted molar refractivity (Wildman–Crippen MR) is 172 cm³/mol. The van der Waals surface area contributed by atoms with Crippen molar-refractivity contribution in [3.05, 3.63) is 133 Å². The lowest BCUT2D eigenvalue weighted by Crippen LogP contribution is -2.00. The van der Waals surface area contributed by atoms with Crippen LogP contribution in [-0.4, -0.2) is 9.55 Å². The van der Waals surface area contributed by atoms with Gasteiger partial charge in [-0.1, -0.05) is 115 Å². The van der Waals surface area contributed by atoms with E-state index in [2.05, 4.69) is 138 Å². The second kappa shape index (κ2) is 8.25. The first-order valence-electron chi connectivity index (χ1n) is 13.6. The molecule has 0 aliphatic rings. The molecule has 0 amide bonds. The van der Waals surface area contributed by atoms with Crippen LogP contribution in [0.3, 0.4) is 0 Å². The molecule has 186 valence electrons. The zero-order chi connectivity index (χ0) is 26.2. The standard InChI is InChI=1S/C37H22N2S/c1-2-12-23(13-3-1)35-25-15-5-4-14-24(25)22-32(38-35)39-30-20-10-8-18-28(30)33-34-29-19-9-11-21-31(29)40-37(34)27-17-7-6-16-26(27)36(33)39/h1-22H. The maximum atomic E-state index is 5.42. The third-order valence-electron chi connectivity index (χ3n) is 8.15. The highest BCUT2D eigenvalue weighted by molar-refractivity contribution is 7.27. The Morgan fingerprint density at radius 3 is 2.02 bits per heavy atom. The minimum atomic E-state index is 0.938.